The summed E-state index contributed by atoms with van der Waals surface area (Å²) >= 11 is 0. The molecule has 18 heavy (non-hydrogen) atoms. The van der Waals surface area contributed by atoms with Gasteiger partial charge in [-0.05, 0) is 21.5 Å². The largest absolute Gasteiger partial charge is 0.391 e. The standard InChI is InChI=1S/C15H32O2Si/c1-11(2)12-10-13(16-9)17-18(12,14(3,4)5)15(6,7)8/h11-13H,10H2,1-9H3/t12-,13?/m0/s1. The van der Waals surface area contributed by atoms with Crippen LogP contribution < -0.4 is 0 Å². The lowest BCUT2D eigenvalue weighted by atomic mass is 10.1. The van der Waals surface area contributed by atoms with Gasteiger partial charge in [-0.15, -0.1) is 0 Å². The molecule has 108 valence electrons. The molecule has 1 saturated heterocycles. The SMILES string of the molecule is COC1C[C@@H](C(C)C)[Si](C(C)(C)C)(C(C)(C)C)O1. The molecule has 0 amide bonds. The molecule has 0 aliphatic carbocycles. The summed E-state index contributed by atoms with van der Waals surface area (Å²) in [6.07, 6.45) is 1.07. The lowest BCUT2D eigenvalue weighted by molar-refractivity contribution is -0.0501. The van der Waals surface area contributed by atoms with E-state index >= 15 is 0 Å². The first-order valence-corrected chi connectivity index (χ1v) is 9.16. The molecule has 0 bridgehead atoms. The van der Waals surface area contributed by atoms with E-state index in [9.17, 15) is 0 Å². The van der Waals surface area contributed by atoms with E-state index in [4.69, 9.17) is 9.16 Å². The predicted molar refractivity (Wildman–Crippen MR) is 80.3 cm³/mol. The van der Waals surface area contributed by atoms with Crippen LogP contribution in [0, 0.1) is 5.92 Å². The Morgan fingerprint density at radius 1 is 1.06 bits per heavy atom. The molecule has 3 heteroatoms. The van der Waals surface area contributed by atoms with Crippen molar-refractivity contribution in [3.63, 3.8) is 0 Å². The highest BCUT2D eigenvalue weighted by Crippen LogP contribution is 2.63. The molecule has 1 fully saturated rings. The van der Waals surface area contributed by atoms with Crippen LogP contribution in [0.4, 0.5) is 0 Å². The molecule has 1 aliphatic heterocycles. The van der Waals surface area contributed by atoms with Crippen molar-refractivity contribution in [2.24, 2.45) is 5.92 Å². The first-order chi connectivity index (χ1) is 7.97. The molecule has 2 atom stereocenters. The first-order valence-electron chi connectivity index (χ1n) is 7.18. The van der Waals surface area contributed by atoms with Gasteiger partial charge in [0.15, 0.2) is 0 Å². The van der Waals surface area contributed by atoms with Crippen LogP contribution in [-0.2, 0) is 9.16 Å². The Hall–Kier alpha value is 0.137. The zero-order valence-corrected chi connectivity index (χ0v) is 14.8. The van der Waals surface area contributed by atoms with Crippen LogP contribution in [0.1, 0.15) is 61.8 Å². The summed E-state index contributed by atoms with van der Waals surface area (Å²) in [6, 6.07) is 0. The zero-order valence-electron chi connectivity index (χ0n) is 13.8. The average Bonchev–Trinajstić information content (AvgIpc) is 2.55. The summed E-state index contributed by atoms with van der Waals surface area (Å²) in [5, 5.41) is 0.459. The maximum Gasteiger partial charge on any atom is 0.210 e. The van der Waals surface area contributed by atoms with Gasteiger partial charge in [0, 0.05) is 13.5 Å². The average molecular weight is 273 g/mol. The van der Waals surface area contributed by atoms with Crippen LogP contribution in [0.25, 0.3) is 0 Å². The quantitative estimate of drug-likeness (QED) is 0.662. The smallest absolute Gasteiger partial charge is 0.210 e. The molecule has 0 radical (unpaired) electrons. The van der Waals surface area contributed by atoms with Crippen LogP contribution in [0.5, 0.6) is 0 Å². The molecule has 0 aromatic heterocycles. The maximum atomic E-state index is 6.62. The van der Waals surface area contributed by atoms with Crippen LogP contribution in [0.15, 0.2) is 0 Å². The summed E-state index contributed by atoms with van der Waals surface area (Å²) in [5.74, 6) is 0.662. The van der Waals surface area contributed by atoms with Gasteiger partial charge in [0.05, 0.1) is 0 Å². The third kappa shape index (κ3) is 2.41. The second-order valence-corrected chi connectivity index (χ2v) is 13.6. The van der Waals surface area contributed by atoms with Gasteiger partial charge >= 0.3 is 0 Å². The molecular formula is C15H32O2Si. The third-order valence-corrected chi connectivity index (χ3v) is 11.6. The summed E-state index contributed by atoms with van der Waals surface area (Å²) in [6.45, 7) is 18.8. The molecule has 0 aromatic rings. The summed E-state index contributed by atoms with van der Waals surface area (Å²) in [7, 11) is -0.161. The van der Waals surface area contributed by atoms with Crippen molar-refractivity contribution >= 4 is 8.32 Å². The molecule has 1 rings (SSSR count). The molecule has 1 aliphatic rings. The highest BCUT2D eigenvalue weighted by Gasteiger charge is 2.64. The number of hydrogen-bond acceptors (Lipinski definition) is 2. The minimum atomic E-state index is -1.94. The molecule has 2 nitrogen and oxygen atoms in total. The molecule has 1 unspecified atom stereocenters. The van der Waals surface area contributed by atoms with Crippen LogP contribution in [0.2, 0.25) is 15.6 Å². The van der Waals surface area contributed by atoms with Crippen molar-refractivity contribution < 1.29 is 9.16 Å². The van der Waals surface area contributed by atoms with Gasteiger partial charge < -0.3 is 9.16 Å². The van der Waals surface area contributed by atoms with E-state index < -0.39 is 8.32 Å². The van der Waals surface area contributed by atoms with Crippen LogP contribution >= 0.6 is 0 Å². The molecule has 1 heterocycles. The lowest BCUT2D eigenvalue weighted by Gasteiger charge is -2.52. The van der Waals surface area contributed by atoms with Crippen LogP contribution in [0.3, 0.4) is 0 Å². The summed E-state index contributed by atoms with van der Waals surface area (Å²) in [4.78, 5) is 0. The van der Waals surface area contributed by atoms with Gasteiger partial charge in [-0.25, -0.2) is 0 Å². The lowest BCUT2D eigenvalue weighted by Crippen LogP contribution is -2.56. The summed E-state index contributed by atoms with van der Waals surface area (Å²) in [5.41, 5.74) is 0.669. The Morgan fingerprint density at radius 3 is 1.72 bits per heavy atom. The fraction of sp³-hybridized carbons (Fsp3) is 1.00. The molecule has 0 N–H and O–H groups in total. The Labute approximate surface area is 115 Å². The van der Waals surface area contributed by atoms with Crippen molar-refractivity contribution in [2.45, 2.75) is 83.7 Å². The third-order valence-electron chi connectivity index (χ3n) is 4.58. The van der Waals surface area contributed by atoms with Crippen molar-refractivity contribution in [1.29, 1.82) is 0 Å². The Kier molecular flexibility index (Phi) is 4.42. The predicted octanol–water partition coefficient (Wildman–Crippen LogP) is 4.95. The molecule has 0 aromatic carbocycles. The minimum absolute atomic E-state index is 0.00233. The van der Waals surface area contributed by atoms with Crippen molar-refractivity contribution in [2.75, 3.05) is 7.11 Å². The molecular weight excluding hydrogens is 240 g/mol. The van der Waals surface area contributed by atoms with Gasteiger partial charge in [-0.2, -0.15) is 0 Å². The van der Waals surface area contributed by atoms with Gasteiger partial charge in [-0.3, -0.25) is 0 Å². The fourth-order valence-corrected chi connectivity index (χ4v) is 11.6. The van der Waals surface area contributed by atoms with Gasteiger partial charge in [0.25, 0.3) is 0 Å². The summed E-state index contributed by atoms with van der Waals surface area (Å²) < 4.78 is 12.2. The number of rotatable bonds is 2. The van der Waals surface area contributed by atoms with E-state index in [1.54, 1.807) is 7.11 Å². The zero-order chi connectivity index (χ0) is 14.4. The fourth-order valence-electron chi connectivity index (χ4n) is 4.19. The topological polar surface area (TPSA) is 18.5 Å². The van der Waals surface area contributed by atoms with Gasteiger partial charge in [0.1, 0.15) is 6.29 Å². The molecule has 0 saturated carbocycles. The second-order valence-electron chi connectivity index (χ2n) is 8.10. The normalized spacial score (nSPS) is 29.0. The Balaban J connectivity index is 3.32. The number of methoxy groups -OCH3 is 1. The first kappa shape index (κ1) is 16.2. The highest BCUT2D eigenvalue weighted by molar-refractivity contribution is 6.81. The molecule has 0 spiro atoms. The van der Waals surface area contributed by atoms with E-state index in [2.05, 4.69) is 55.4 Å². The van der Waals surface area contributed by atoms with Crippen molar-refractivity contribution in [3.8, 4) is 0 Å². The Morgan fingerprint density at radius 2 is 1.50 bits per heavy atom. The number of ether oxygens (including phenoxy) is 1. The maximum absolute atomic E-state index is 6.62. The van der Waals surface area contributed by atoms with E-state index in [1.807, 2.05) is 0 Å². The second kappa shape index (κ2) is 4.91. The van der Waals surface area contributed by atoms with E-state index in [1.165, 1.54) is 0 Å². The highest BCUT2D eigenvalue weighted by atomic mass is 28.4. The monoisotopic (exact) mass is 272 g/mol. The van der Waals surface area contributed by atoms with E-state index in [0.29, 0.717) is 11.5 Å². The van der Waals surface area contributed by atoms with E-state index in [-0.39, 0.29) is 16.4 Å². The number of hydrogen-bond donors (Lipinski definition) is 0. The van der Waals surface area contributed by atoms with Gasteiger partial charge in [-0.1, -0.05) is 55.4 Å². The van der Waals surface area contributed by atoms with Crippen molar-refractivity contribution in [3.05, 3.63) is 0 Å². The van der Waals surface area contributed by atoms with Crippen LogP contribution in [-0.4, -0.2) is 21.7 Å². The Bertz CT molecular complexity index is 272. The minimum Gasteiger partial charge on any atom is -0.391 e. The van der Waals surface area contributed by atoms with E-state index in [0.717, 1.165) is 6.42 Å². The van der Waals surface area contributed by atoms with Crippen molar-refractivity contribution in [1.82, 2.24) is 0 Å². The van der Waals surface area contributed by atoms with Gasteiger partial charge in [0.2, 0.25) is 8.32 Å².